The van der Waals surface area contributed by atoms with Crippen molar-refractivity contribution in [3.8, 4) is 28.3 Å². The van der Waals surface area contributed by atoms with Gasteiger partial charge < -0.3 is 10.0 Å². The Morgan fingerprint density at radius 3 is 1.76 bits per heavy atom. The fourth-order valence-corrected chi connectivity index (χ4v) is 5.36. The van der Waals surface area contributed by atoms with Crippen molar-refractivity contribution in [2.75, 3.05) is 4.90 Å². The molecule has 7 heteroatoms. The van der Waals surface area contributed by atoms with E-state index in [1.165, 1.54) is 6.08 Å². The van der Waals surface area contributed by atoms with Crippen LogP contribution in [0.4, 0.5) is 17.1 Å². The first kappa shape index (κ1) is 25.7. The van der Waals surface area contributed by atoms with Gasteiger partial charge in [-0.05, 0) is 59.2 Å². The number of hydrogen-bond donors (Lipinski definition) is 1. The van der Waals surface area contributed by atoms with E-state index in [-0.39, 0.29) is 5.57 Å². The topological polar surface area (TPSA) is 90.1 Å². The maximum absolute atomic E-state index is 11.3. The molecule has 1 heterocycles. The molecular formula is C34H22N4O2S. The summed E-state index contributed by atoms with van der Waals surface area (Å²) in [5, 5.41) is 18.4. The Labute approximate surface area is 241 Å². The minimum atomic E-state index is -1.27. The Hall–Kier alpha value is -5.58. The predicted molar refractivity (Wildman–Crippen MR) is 164 cm³/mol. The third-order valence-electron chi connectivity index (χ3n) is 6.78. The van der Waals surface area contributed by atoms with Gasteiger partial charge in [0.1, 0.15) is 22.7 Å². The number of fused-ring (bicyclic) bond motifs is 1. The number of nitriles is 1. The first-order valence-corrected chi connectivity index (χ1v) is 13.6. The molecule has 0 unspecified atom stereocenters. The summed E-state index contributed by atoms with van der Waals surface area (Å²) in [6, 6.07) is 42.8. The molecule has 0 atom stereocenters. The lowest BCUT2D eigenvalue weighted by atomic mass is 9.97. The highest BCUT2D eigenvalue weighted by Crippen LogP contribution is 2.36. The zero-order valence-electron chi connectivity index (χ0n) is 21.7. The summed E-state index contributed by atoms with van der Waals surface area (Å²) in [4.78, 5) is 13.5. The van der Waals surface area contributed by atoms with E-state index in [1.54, 1.807) is 12.1 Å². The van der Waals surface area contributed by atoms with E-state index in [2.05, 4.69) is 74.3 Å². The fourth-order valence-electron chi connectivity index (χ4n) is 4.78. The first-order valence-electron chi connectivity index (χ1n) is 12.8. The van der Waals surface area contributed by atoms with Gasteiger partial charge in [0, 0.05) is 28.2 Å². The molecule has 0 radical (unpaired) electrons. The van der Waals surface area contributed by atoms with E-state index in [9.17, 15) is 9.90 Å². The monoisotopic (exact) mass is 550 g/mol. The van der Waals surface area contributed by atoms with Crippen molar-refractivity contribution in [2.45, 2.75) is 0 Å². The van der Waals surface area contributed by atoms with Crippen LogP contribution in [-0.2, 0) is 4.79 Å². The summed E-state index contributed by atoms with van der Waals surface area (Å²) in [5.41, 5.74) is 8.73. The van der Waals surface area contributed by atoms with Crippen LogP contribution < -0.4 is 4.90 Å². The molecule has 6 aromatic rings. The maximum atomic E-state index is 11.3. The van der Waals surface area contributed by atoms with E-state index < -0.39 is 5.97 Å². The quantitative estimate of drug-likeness (QED) is 0.158. The van der Waals surface area contributed by atoms with Gasteiger partial charge >= 0.3 is 5.97 Å². The molecule has 41 heavy (non-hydrogen) atoms. The Morgan fingerprint density at radius 2 is 1.20 bits per heavy atom. The van der Waals surface area contributed by atoms with Crippen molar-refractivity contribution < 1.29 is 9.90 Å². The van der Waals surface area contributed by atoms with Gasteiger partial charge in [-0.2, -0.15) is 14.0 Å². The Morgan fingerprint density at radius 1 is 0.683 bits per heavy atom. The number of carboxylic acid groups (broad SMARTS) is 1. The van der Waals surface area contributed by atoms with E-state index in [1.807, 2.05) is 54.6 Å². The molecule has 1 aromatic heterocycles. The molecule has 6 rings (SSSR count). The molecule has 6 nitrogen and oxygen atoms in total. The maximum Gasteiger partial charge on any atom is 0.346 e. The second kappa shape index (κ2) is 11.3. The minimum Gasteiger partial charge on any atom is -0.477 e. The summed E-state index contributed by atoms with van der Waals surface area (Å²) in [7, 11) is 0. The highest BCUT2D eigenvalue weighted by molar-refractivity contribution is 7.00. The number of carbonyl (C=O) groups is 1. The smallest absolute Gasteiger partial charge is 0.346 e. The van der Waals surface area contributed by atoms with Gasteiger partial charge in [-0.1, -0.05) is 84.9 Å². The summed E-state index contributed by atoms with van der Waals surface area (Å²) < 4.78 is 8.82. The Bertz CT molecular complexity index is 1870. The number of aliphatic carboxylic acids is 1. The first-order chi connectivity index (χ1) is 20.1. The number of benzene rings is 5. The van der Waals surface area contributed by atoms with Gasteiger partial charge in [-0.3, -0.25) is 0 Å². The fraction of sp³-hybridized carbons (Fsp3) is 0. The Kier molecular flexibility index (Phi) is 7.06. The predicted octanol–water partition coefficient (Wildman–Crippen LogP) is 8.49. The molecule has 0 amide bonds. The second-order valence-electron chi connectivity index (χ2n) is 9.27. The van der Waals surface area contributed by atoms with Crippen LogP contribution in [0, 0.1) is 11.3 Å². The van der Waals surface area contributed by atoms with Gasteiger partial charge in [0.2, 0.25) is 0 Å². The summed E-state index contributed by atoms with van der Waals surface area (Å²) in [6.07, 6.45) is 1.33. The van der Waals surface area contributed by atoms with Gasteiger partial charge in [-0.25, -0.2) is 4.79 Å². The standard InChI is InChI=1S/C34H22N4O2S/c35-22-27(34(39)40)21-26-17-20-31(33-32(26)36-41-37-33)25-13-11-23(12-14-25)24-15-18-30(19-16-24)38(28-7-3-1-4-8-28)29-9-5-2-6-10-29/h1-21H,(H,39,40)/b27-21+. The van der Waals surface area contributed by atoms with Gasteiger partial charge in [0.15, 0.2) is 0 Å². The zero-order valence-corrected chi connectivity index (χ0v) is 22.5. The average Bonchev–Trinajstić information content (AvgIpc) is 3.52. The normalized spacial score (nSPS) is 11.2. The van der Waals surface area contributed by atoms with Crippen LogP contribution in [0.5, 0.6) is 0 Å². The van der Waals surface area contributed by atoms with Crippen molar-refractivity contribution in [2.24, 2.45) is 0 Å². The number of para-hydroxylation sites is 2. The number of rotatable bonds is 7. The number of anilines is 3. The van der Waals surface area contributed by atoms with Crippen LogP contribution in [0.25, 0.3) is 39.4 Å². The third kappa shape index (κ3) is 5.20. The Balaban J connectivity index is 1.30. The number of hydrogen-bond acceptors (Lipinski definition) is 6. The molecule has 0 aliphatic carbocycles. The van der Waals surface area contributed by atoms with Gasteiger partial charge in [-0.15, -0.1) is 0 Å². The van der Waals surface area contributed by atoms with E-state index in [4.69, 9.17) is 5.26 Å². The molecule has 1 N–H and O–H groups in total. The zero-order chi connectivity index (χ0) is 28.2. The molecule has 0 fully saturated rings. The van der Waals surface area contributed by atoms with Crippen molar-refractivity contribution >= 4 is 51.9 Å². The summed E-state index contributed by atoms with van der Waals surface area (Å²) >= 11 is 1.06. The van der Waals surface area contributed by atoms with E-state index >= 15 is 0 Å². The molecule has 196 valence electrons. The summed E-state index contributed by atoms with van der Waals surface area (Å²) in [5.74, 6) is -1.27. The molecule has 0 bridgehead atoms. The second-order valence-corrected chi connectivity index (χ2v) is 9.80. The number of carboxylic acids is 1. The molecule has 0 saturated carbocycles. The largest absolute Gasteiger partial charge is 0.477 e. The van der Waals surface area contributed by atoms with E-state index in [0.717, 1.165) is 51.0 Å². The third-order valence-corrected chi connectivity index (χ3v) is 7.31. The lowest BCUT2D eigenvalue weighted by Gasteiger charge is -2.25. The molecular weight excluding hydrogens is 528 g/mol. The molecule has 0 aliphatic heterocycles. The van der Waals surface area contributed by atoms with Gasteiger partial charge in [0.05, 0.1) is 11.7 Å². The SMILES string of the molecule is N#C/C(=C\c1ccc(-c2ccc(-c3ccc(N(c4ccccc4)c4ccccc4)cc3)cc2)c2nsnc12)C(=O)O. The van der Waals surface area contributed by atoms with Crippen LogP contribution >= 0.6 is 11.7 Å². The van der Waals surface area contributed by atoms with Gasteiger partial charge in [0.25, 0.3) is 0 Å². The van der Waals surface area contributed by atoms with Crippen LogP contribution in [0.2, 0.25) is 0 Å². The van der Waals surface area contributed by atoms with Crippen LogP contribution in [0.3, 0.4) is 0 Å². The van der Waals surface area contributed by atoms with Crippen LogP contribution in [0.15, 0.2) is 127 Å². The highest BCUT2D eigenvalue weighted by Gasteiger charge is 2.15. The van der Waals surface area contributed by atoms with E-state index in [0.29, 0.717) is 16.6 Å². The van der Waals surface area contributed by atoms with Crippen molar-refractivity contribution in [3.05, 3.63) is 132 Å². The van der Waals surface area contributed by atoms with Crippen LogP contribution in [0.1, 0.15) is 5.56 Å². The van der Waals surface area contributed by atoms with Crippen molar-refractivity contribution in [1.82, 2.24) is 8.75 Å². The number of aromatic nitrogens is 2. The molecule has 0 saturated heterocycles. The molecule has 0 spiro atoms. The highest BCUT2D eigenvalue weighted by atomic mass is 32.1. The number of nitrogens with zero attached hydrogens (tertiary/aromatic N) is 4. The molecule has 0 aliphatic rings. The van der Waals surface area contributed by atoms with Crippen molar-refractivity contribution in [1.29, 1.82) is 5.26 Å². The van der Waals surface area contributed by atoms with Crippen LogP contribution in [-0.4, -0.2) is 19.8 Å². The summed E-state index contributed by atoms with van der Waals surface area (Å²) in [6.45, 7) is 0. The molecule has 5 aromatic carbocycles. The lowest BCUT2D eigenvalue weighted by Crippen LogP contribution is -2.09. The average molecular weight is 551 g/mol. The van der Waals surface area contributed by atoms with Crippen molar-refractivity contribution in [3.63, 3.8) is 0 Å². The lowest BCUT2D eigenvalue weighted by molar-refractivity contribution is -0.132. The minimum absolute atomic E-state index is 0.349.